The van der Waals surface area contributed by atoms with Crippen molar-refractivity contribution in [3.05, 3.63) is 36.5 Å². The van der Waals surface area contributed by atoms with E-state index in [2.05, 4.69) is 18.2 Å². The Labute approximate surface area is 124 Å². The summed E-state index contributed by atoms with van der Waals surface area (Å²) in [5.74, 6) is -0.168. The van der Waals surface area contributed by atoms with Crippen LogP contribution in [0.1, 0.15) is 65.2 Å². The molecule has 114 valence electrons. The molecule has 2 nitrogen and oxygen atoms in total. The lowest BCUT2D eigenvalue weighted by atomic mass is 10.1. The first-order chi connectivity index (χ1) is 9.77. The predicted molar refractivity (Wildman–Crippen MR) is 86.7 cm³/mol. The lowest BCUT2D eigenvalue weighted by molar-refractivity contribution is -0.141. The maximum atomic E-state index is 10.5. The Kier molecular flexibility index (Phi) is 14.7. The Bertz CT molecular complexity index is 301. The Hall–Kier alpha value is -1.31. The zero-order valence-corrected chi connectivity index (χ0v) is 13.1. The summed E-state index contributed by atoms with van der Waals surface area (Å²) >= 11 is 0. The maximum absolute atomic E-state index is 10.5. The van der Waals surface area contributed by atoms with Crippen molar-refractivity contribution in [3.63, 3.8) is 0 Å². The van der Waals surface area contributed by atoms with E-state index < -0.39 is 0 Å². The van der Waals surface area contributed by atoms with E-state index in [1.807, 2.05) is 25.2 Å². The largest absolute Gasteiger partial charge is 0.466 e. The summed E-state index contributed by atoms with van der Waals surface area (Å²) in [6.45, 7) is 4.07. The molecule has 0 aromatic heterocycles. The van der Waals surface area contributed by atoms with Gasteiger partial charge in [-0.05, 0) is 26.2 Å². The topological polar surface area (TPSA) is 26.3 Å². The van der Waals surface area contributed by atoms with Gasteiger partial charge in [-0.15, -0.1) is 0 Å². The van der Waals surface area contributed by atoms with Gasteiger partial charge in [0.05, 0.1) is 6.61 Å². The van der Waals surface area contributed by atoms with Crippen LogP contribution in [-0.2, 0) is 9.53 Å². The molecule has 0 rings (SSSR count). The number of rotatable bonds is 12. The van der Waals surface area contributed by atoms with Crippen LogP contribution in [0.2, 0.25) is 0 Å². The number of allylic oxidation sites excluding steroid dienone is 6. The minimum atomic E-state index is -0.168. The molecule has 0 aliphatic heterocycles. The Morgan fingerprint density at radius 1 is 0.850 bits per heavy atom. The fraction of sp³-hybridized carbons (Fsp3) is 0.611. The number of hydrogen-bond donors (Lipinski definition) is 0. The highest BCUT2D eigenvalue weighted by Gasteiger charge is 1.94. The fourth-order valence-corrected chi connectivity index (χ4v) is 1.88. The lowest BCUT2D eigenvalue weighted by Gasteiger charge is -2.02. The van der Waals surface area contributed by atoms with Gasteiger partial charge in [-0.2, -0.15) is 0 Å². The average Bonchev–Trinajstić information content (AvgIpc) is 2.43. The fourth-order valence-electron chi connectivity index (χ4n) is 1.88. The van der Waals surface area contributed by atoms with Gasteiger partial charge in [0.1, 0.15) is 0 Å². The molecule has 0 fully saturated rings. The van der Waals surface area contributed by atoms with Crippen LogP contribution in [0.15, 0.2) is 36.5 Å². The van der Waals surface area contributed by atoms with Crippen molar-refractivity contribution < 1.29 is 9.53 Å². The molecule has 0 saturated heterocycles. The van der Waals surface area contributed by atoms with Crippen LogP contribution >= 0.6 is 0 Å². The zero-order valence-electron chi connectivity index (χ0n) is 13.1. The normalized spacial score (nSPS) is 11.9. The Balaban J connectivity index is 3.15. The average molecular weight is 278 g/mol. The van der Waals surface area contributed by atoms with E-state index in [9.17, 15) is 4.79 Å². The van der Waals surface area contributed by atoms with E-state index in [1.54, 1.807) is 0 Å². The minimum absolute atomic E-state index is 0.168. The molecular weight excluding hydrogens is 248 g/mol. The molecule has 0 aromatic carbocycles. The summed E-state index contributed by atoms with van der Waals surface area (Å²) in [7, 11) is 0. The van der Waals surface area contributed by atoms with Crippen LogP contribution in [0.4, 0.5) is 0 Å². The Morgan fingerprint density at radius 2 is 1.45 bits per heavy atom. The number of carbonyl (C=O) groups is 1. The van der Waals surface area contributed by atoms with Crippen molar-refractivity contribution >= 4 is 5.97 Å². The number of ether oxygens (including phenoxy) is 1. The van der Waals surface area contributed by atoms with E-state index in [0.717, 1.165) is 6.42 Å². The summed E-state index contributed by atoms with van der Waals surface area (Å²) in [6.07, 6.45) is 22.3. The van der Waals surface area contributed by atoms with Gasteiger partial charge < -0.3 is 4.74 Å². The van der Waals surface area contributed by atoms with Gasteiger partial charge in [-0.1, -0.05) is 68.6 Å². The summed E-state index contributed by atoms with van der Waals surface area (Å²) in [4.78, 5) is 10.5. The smallest absolute Gasteiger partial charge is 0.302 e. The molecule has 0 saturated carbocycles. The third-order valence-corrected chi connectivity index (χ3v) is 2.98. The third kappa shape index (κ3) is 16.7. The number of hydrogen-bond acceptors (Lipinski definition) is 2. The quantitative estimate of drug-likeness (QED) is 0.273. The lowest BCUT2D eigenvalue weighted by Crippen LogP contribution is -1.99. The molecule has 0 heterocycles. The molecule has 20 heavy (non-hydrogen) atoms. The SMILES string of the molecule is C/C=C/C=C/C=C/CCCCCCCCCOC(C)=O. The van der Waals surface area contributed by atoms with Crippen molar-refractivity contribution in [3.8, 4) is 0 Å². The first kappa shape index (κ1) is 18.7. The zero-order chi connectivity index (χ0) is 14.9. The van der Waals surface area contributed by atoms with Crippen molar-refractivity contribution in [2.75, 3.05) is 6.61 Å². The molecule has 0 aliphatic carbocycles. The van der Waals surface area contributed by atoms with Crippen molar-refractivity contribution in [2.24, 2.45) is 0 Å². The van der Waals surface area contributed by atoms with Gasteiger partial charge in [0, 0.05) is 6.92 Å². The first-order valence-corrected chi connectivity index (χ1v) is 7.85. The highest BCUT2D eigenvalue weighted by molar-refractivity contribution is 5.65. The molecule has 0 amide bonds. The van der Waals surface area contributed by atoms with Crippen LogP contribution in [0.5, 0.6) is 0 Å². The number of unbranched alkanes of at least 4 members (excludes halogenated alkanes) is 7. The van der Waals surface area contributed by atoms with Crippen LogP contribution in [0.25, 0.3) is 0 Å². The van der Waals surface area contributed by atoms with Crippen LogP contribution in [-0.4, -0.2) is 12.6 Å². The first-order valence-electron chi connectivity index (χ1n) is 7.85. The van der Waals surface area contributed by atoms with E-state index in [4.69, 9.17) is 4.74 Å². The van der Waals surface area contributed by atoms with Gasteiger partial charge in [0.2, 0.25) is 0 Å². The summed E-state index contributed by atoms with van der Waals surface area (Å²) < 4.78 is 4.89. The molecule has 0 unspecified atom stereocenters. The molecule has 0 radical (unpaired) electrons. The third-order valence-electron chi connectivity index (χ3n) is 2.98. The van der Waals surface area contributed by atoms with Gasteiger partial charge >= 0.3 is 5.97 Å². The molecule has 0 atom stereocenters. The predicted octanol–water partition coefficient (Wildman–Crippen LogP) is 5.36. The maximum Gasteiger partial charge on any atom is 0.302 e. The van der Waals surface area contributed by atoms with Gasteiger partial charge in [0.25, 0.3) is 0 Å². The highest BCUT2D eigenvalue weighted by atomic mass is 16.5. The van der Waals surface area contributed by atoms with E-state index in [1.165, 1.54) is 51.9 Å². The second-order valence-electron chi connectivity index (χ2n) is 4.94. The highest BCUT2D eigenvalue weighted by Crippen LogP contribution is 2.09. The minimum Gasteiger partial charge on any atom is -0.466 e. The van der Waals surface area contributed by atoms with Gasteiger partial charge in [0.15, 0.2) is 0 Å². The van der Waals surface area contributed by atoms with Crippen molar-refractivity contribution in [1.29, 1.82) is 0 Å². The molecule has 0 aliphatic rings. The van der Waals surface area contributed by atoms with Crippen molar-refractivity contribution in [2.45, 2.75) is 65.2 Å². The standard InChI is InChI=1S/C18H30O2/c1-3-4-5-6-7-8-9-10-11-12-13-14-15-16-17-20-18(2)19/h3-8H,9-17H2,1-2H3/b4-3+,6-5+,8-7+. The molecule has 2 heteroatoms. The van der Waals surface area contributed by atoms with Crippen LogP contribution in [0, 0.1) is 0 Å². The van der Waals surface area contributed by atoms with E-state index >= 15 is 0 Å². The number of esters is 1. The van der Waals surface area contributed by atoms with E-state index in [-0.39, 0.29) is 5.97 Å². The van der Waals surface area contributed by atoms with Crippen LogP contribution < -0.4 is 0 Å². The van der Waals surface area contributed by atoms with E-state index in [0.29, 0.717) is 6.61 Å². The van der Waals surface area contributed by atoms with Gasteiger partial charge in [-0.3, -0.25) is 4.79 Å². The Morgan fingerprint density at radius 3 is 2.10 bits per heavy atom. The van der Waals surface area contributed by atoms with Crippen molar-refractivity contribution in [1.82, 2.24) is 0 Å². The molecule has 0 bridgehead atoms. The second-order valence-corrected chi connectivity index (χ2v) is 4.94. The molecule has 0 spiro atoms. The monoisotopic (exact) mass is 278 g/mol. The number of carbonyl (C=O) groups excluding carboxylic acids is 1. The second kappa shape index (κ2) is 15.7. The summed E-state index contributed by atoms with van der Waals surface area (Å²) in [6, 6.07) is 0. The van der Waals surface area contributed by atoms with Crippen LogP contribution in [0.3, 0.4) is 0 Å². The summed E-state index contributed by atoms with van der Waals surface area (Å²) in [5.41, 5.74) is 0. The summed E-state index contributed by atoms with van der Waals surface area (Å²) in [5, 5.41) is 0. The molecular formula is C18H30O2. The molecule has 0 aromatic rings. The molecule has 0 N–H and O–H groups in total. The van der Waals surface area contributed by atoms with Gasteiger partial charge in [-0.25, -0.2) is 0 Å².